The van der Waals surface area contributed by atoms with E-state index in [2.05, 4.69) is 23.7 Å². The zero-order valence-electron chi connectivity index (χ0n) is 14.4. The van der Waals surface area contributed by atoms with Gasteiger partial charge < -0.3 is 14.4 Å². The van der Waals surface area contributed by atoms with Crippen molar-refractivity contribution in [1.29, 1.82) is 0 Å². The fraction of sp³-hybridized carbons (Fsp3) is 0.300. The molecule has 0 unspecified atom stereocenters. The van der Waals surface area contributed by atoms with Crippen LogP contribution in [0.5, 0.6) is 11.5 Å². The molecular weight excluding hydrogens is 316 g/mol. The van der Waals surface area contributed by atoms with E-state index in [0.29, 0.717) is 11.5 Å². The lowest BCUT2D eigenvalue weighted by Gasteiger charge is -2.25. The number of ether oxygens (including phenoxy) is 2. The van der Waals surface area contributed by atoms with Crippen LogP contribution in [-0.2, 0) is 4.79 Å². The number of rotatable bonds is 4. The minimum absolute atomic E-state index is 0.0789. The van der Waals surface area contributed by atoms with E-state index in [1.54, 1.807) is 30.3 Å². The number of pyridine rings is 1. The number of hydrogen-bond acceptors (Lipinski definition) is 4. The van der Waals surface area contributed by atoms with Crippen molar-refractivity contribution in [2.75, 3.05) is 13.8 Å². The molecular formula is C20H20N2O3. The maximum atomic E-state index is 12.5. The Morgan fingerprint density at radius 3 is 2.88 bits per heavy atom. The topological polar surface area (TPSA) is 51.7 Å². The molecule has 0 radical (unpaired) electrons. The quantitative estimate of drug-likeness (QED) is 0.805. The molecule has 1 aromatic carbocycles. The minimum atomic E-state index is -0.234. The SMILES string of the molecule is CCC[C@@H](c1ccccn1)N(C)C(=O)C#Cc1ccc2c(c1)OCO2. The Hall–Kier alpha value is -3.00. The summed E-state index contributed by atoms with van der Waals surface area (Å²) in [5, 5.41) is 0. The summed E-state index contributed by atoms with van der Waals surface area (Å²) in [5.41, 5.74) is 1.60. The standard InChI is InChI=1S/C20H20N2O3/c1-3-6-17(16-7-4-5-12-21-16)22(2)20(23)11-9-15-8-10-18-19(13-15)25-14-24-18/h4-5,7-8,10,12-13,17H,3,6,14H2,1-2H3/t17-/m0/s1. The van der Waals surface area contributed by atoms with Crippen molar-refractivity contribution in [2.45, 2.75) is 25.8 Å². The average molecular weight is 336 g/mol. The monoisotopic (exact) mass is 336 g/mol. The predicted octanol–water partition coefficient (Wildman–Crippen LogP) is 3.16. The highest BCUT2D eigenvalue weighted by Gasteiger charge is 2.20. The highest BCUT2D eigenvalue weighted by atomic mass is 16.7. The molecule has 0 saturated heterocycles. The summed E-state index contributed by atoms with van der Waals surface area (Å²) >= 11 is 0. The number of hydrogen-bond donors (Lipinski definition) is 0. The summed E-state index contributed by atoms with van der Waals surface area (Å²) in [7, 11) is 1.77. The van der Waals surface area contributed by atoms with E-state index in [-0.39, 0.29) is 18.7 Å². The summed E-state index contributed by atoms with van der Waals surface area (Å²) in [4.78, 5) is 18.6. The van der Waals surface area contributed by atoms with Gasteiger partial charge in [-0.1, -0.05) is 25.3 Å². The molecule has 1 aromatic heterocycles. The van der Waals surface area contributed by atoms with Crippen LogP contribution >= 0.6 is 0 Å². The third kappa shape index (κ3) is 3.92. The van der Waals surface area contributed by atoms with E-state index >= 15 is 0 Å². The van der Waals surface area contributed by atoms with Gasteiger partial charge in [0.2, 0.25) is 6.79 Å². The summed E-state index contributed by atoms with van der Waals surface area (Å²) in [6.45, 7) is 2.31. The van der Waals surface area contributed by atoms with Crippen LogP contribution in [0.4, 0.5) is 0 Å². The second-order valence-electron chi connectivity index (χ2n) is 5.79. The zero-order valence-corrected chi connectivity index (χ0v) is 14.4. The van der Waals surface area contributed by atoms with Crippen LogP contribution in [0, 0.1) is 11.8 Å². The molecule has 1 amide bonds. The van der Waals surface area contributed by atoms with E-state index in [9.17, 15) is 4.79 Å². The maximum absolute atomic E-state index is 12.5. The van der Waals surface area contributed by atoms with Crippen LogP contribution in [0.3, 0.4) is 0 Å². The Labute approximate surface area is 147 Å². The third-order valence-corrected chi connectivity index (χ3v) is 4.07. The van der Waals surface area contributed by atoms with Gasteiger partial charge in [-0.25, -0.2) is 0 Å². The first-order valence-corrected chi connectivity index (χ1v) is 8.28. The number of carbonyl (C=O) groups excluding carboxylic acids is 1. The van der Waals surface area contributed by atoms with Gasteiger partial charge in [0, 0.05) is 24.7 Å². The molecule has 1 aliphatic rings. The normalized spacial score (nSPS) is 12.9. The second kappa shape index (κ2) is 7.71. The molecule has 0 aliphatic carbocycles. The average Bonchev–Trinajstić information content (AvgIpc) is 3.12. The molecule has 0 bridgehead atoms. The molecule has 0 saturated carbocycles. The van der Waals surface area contributed by atoms with Gasteiger partial charge in [0.15, 0.2) is 11.5 Å². The van der Waals surface area contributed by atoms with E-state index in [1.807, 2.05) is 24.3 Å². The highest BCUT2D eigenvalue weighted by molar-refractivity contribution is 5.94. The van der Waals surface area contributed by atoms with E-state index < -0.39 is 0 Å². The summed E-state index contributed by atoms with van der Waals surface area (Å²) in [6, 6.07) is 11.1. The van der Waals surface area contributed by atoms with Gasteiger partial charge in [0.25, 0.3) is 5.91 Å². The smallest absolute Gasteiger partial charge is 0.299 e. The van der Waals surface area contributed by atoms with Gasteiger partial charge in [0.05, 0.1) is 11.7 Å². The van der Waals surface area contributed by atoms with Gasteiger partial charge in [-0.2, -0.15) is 0 Å². The number of nitrogens with zero attached hydrogens (tertiary/aromatic N) is 2. The number of benzene rings is 1. The van der Waals surface area contributed by atoms with Crippen LogP contribution in [0.15, 0.2) is 42.6 Å². The fourth-order valence-corrected chi connectivity index (χ4v) is 2.72. The van der Waals surface area contributed by atoms with Gasteiger partial charge in [-0.3, -0.25) is 9.78 Å². The minimum Gasteiger partial charge on any atom is -0.454 e. The zero-order chi connectivity index (χ0) is 17.6. The van der Waals surface area contributed by atoms with Crippen LogP contribution in [-0.4, -0.2) is 29.6 Å². The Kier molecular flexibility index (Phi) is 5.20. The molecule has 2 aromatic rings. The van der Waals surface area contributed by atoms with Crippen molar-refractivity contribution in [3.8, 4) is 23.3 Å². The molecule has 1 atom stereocenters. The summed E-state index contributed by atoms with van der Waals surface area (Å²) < 4.78 is 10.6. The number of fused-ring (bicyclic) bond motifs is 1. The van der Waals surface area contributed by atoms with Crippen LogP contribution in [0.1, 0.15) is 37.1 Å². The Bertz CT molecular complexity index is 809. The van der Waals surface area contributed by atoms with E-state index in [4.69, 9.17) is 9.47 Å². The van der Waals surface area contributed by atoms with Gasteiger partial charge in [0.1, 0.15) is 0 Å². The van der Waals surface area contributed by atoms with Crippen molar-refractivity contribution in [2.24, 2.45) is 0 Å². The molecule has 5 heteroatoms. The number of carbonyl (C=O) groups is 1. The molecule has 0 spiro atoms. The van der Waals surface area contributed by atoms with Crippen LogP contribution in [0.2, 0.25) is 0 Å². The van der Waals surface area contributed by atoms with Crippen molar-refractivity contribution >= 4 is 5.91 Å². The first-order chi connectivity index (χ1) is 12.2. The molecule has 0 fully saturated rings. The lowest BCUT2D eigenvalue weighted by atomic mass is 10.1. The molecule has 3 rings (SSSR count). The first kappa shape index (κ1) is 16.8. The Morgan fingerprint density at radius 2 is 2.12 bits per heavy atom. The molecule has 2 heterocycles. The van der Waals surface area contributed by atoms with Gasteiger partial charge in [-0.15, -0.1) is 0 Å². The van der Waals surface area contributed by atoms with Gasteiger partial charge in [-0.05, 0) is 36.8 Å². The molecule has 25 heavy (non-hydrogen) atoms. The van der Waals surface area contributed by atoms with Crippen LogP contribution < -0.4 is 9.47 Å². The van der Waals surface area contributed by atoms with Crippen molar-refractivity contribution in [3.05, 3.63) is 53.9 Å². The predicted molar refractivity (Wildman–Crippen MR) is 94.1 cm³/mol. The summed E-state index contributed by atoms with van der Waals surface area (Å²) in [6.07, 6.45) is 3.54. The third-order valence-electron chi connectivity index (χ3n) is 4.07. The van der Waals surface area contributed by atoms with Crippen molar-refractivity contribution in [1.82, 2.24) is 9.88 Å². The maximum Gasteiger partial charge on any atom is 0.299 e. The van der Waals surface area contributed by atoms with E-state index in [0.717, 1.165) is 24.1 Å². The first-order valence-electron chi connectivity index (χ1n) is 8.28. The van der Waals surface area contributed by atoms with Crippen LogP contribution in [0.25, 0.3) is 0 Å². The highest BCUT2D eigenvalue weighted by Crippen LogP contribution is 2.32. The lowest BCUT2D eigenvalue weighted by molar-refractivity contribution is -0.126. The number of amides is 1. The molecule has 5 nitrogen and oxygen atoms in total. The van der Waals surface area contributed by atoms with E-state index in [1.165, 1.54) is 0 Å². The molecule has 128 valence electrons. The largest absolute Gasteiger partial charge is 0.454 e. The Morgan fingerprint density at radius 1 is 1.28 bits per heavy atom. The number of aromatic nitrogens is 1. The van der Waals surface area contributed by atoms with Gasteiger partial charge >= 0.3 is 0 Å². The summed E-state index contributed by atoms with van der Waals surface area (Å²) in [5.74, 6) is 6.74. The fourth-order valence-electron chi connectivity index (χ4n) is 2.72. The van der Waals surface area contributed by atoms with Crippen molar-refractivity contribution in [3.63, 3.8) is 0 Å². The molecule has 0 N–H and O–H groups in total. The second-order valence-corrected chi connectivity index (χ2v) is 5.79. The molecule has 1 aliphatic heterocycles. The Balaban J connectivity index is 1.75. The lowest BCUT2D eigenvalue weighted by Crippen LogP contribution is -2.30. The van der Waals surface area contributed by atoms with Crippen molar-refractivity contribution < 1.29 is 14.3 Å².